The lowest BCUT2D eigenvalue weighted by atomic mass is 10.5. The molecule has 16 heavy (non-hydrogen) atoms. The summed E-state index contributed by atoms with van der Waals surface area (Å²) in [5.41, 5.74) is 0. The quantitative estimate of drug-likeness (QED) is 0.713. The number of thioether (sulfide) groups is 1. The van der Waals surface area contributed by atoms with E-state index in [9.17, 15) is 13.2 Å². The largest absolute Gasteiger partial charge is 0.298 e. The highest BCUT2D eigenvalue weighted by atomic mass is 32.2. The lowest BCUT2D eigenvalue weighted by molar-refractivity contribution is -0.118. The highest BCUT2D eigenvalue weighted by Gasteiger charge is 2.09. The van der Waals surface area contributed by atoms with Crippen molar-refractivity contribution in [3.8, 4) is 0 Å². The number of hydrogen-bond acceptors (Lipinski definition) is 7. The lowest BCUT2D eigenvalue weighted by Gasteiger charge is -2.00. The fourth-order valence-corrected chi connectivity index (χ4v) is 3.02. The third kappa shape index (κ3) is 5.39. The van der Waals surface area contributed by atoms with Gasteiger partial charge in [0.25, 0.3) is 10.2 Å². The molecule has 3 N–H and O–H groups in total. The number of hydrogen-bond donors (Lipinski definition) is 2. The van der Waals surface area contributed by atoms with E-state index >= 15 is 0 Å². The molecule has 90 valence electrons. The third-order valence-corrected chi connectivity index (χ3v) is 3.80. The third-order valence-electron chi connectivity index (χ3n) is 1.32. The Morgan fingerprint density at radius 2 is 2.25 bits per heavy atom. The molecule has 0 aromatic carbocycles. The summed E-state index contributed by atoms with van der Waals surface area (Å²) in [6.07, 6.45) is 0.0553. The van der Waals surface area contributed by atoms with Crippen LogP contribution in [0.25, 0.3) is 0 Å². The predicted molar refractivity (Wildman–Crippen MR) is 61.2 cm³/mol. The molecule has 1 aromatic heterocycles. The molecule has 0 spiro atoms. The van der Waals surface area contributed by atoms with Gasteiger partial charge in [-0.25, -0.2) is 9.86 Å². The maximum absolute atomic E-state index is 11.0. The first-order valence-corrected chi connectivity index (χ1v) is 7.48. The minimum atomic E-state index is -3.95. The van der Waals surface area contributed by atoms with E-state index in [1.54, 1.807) is 4.72 Å². The Morgan fingerprint density at radius 3 is 2.75 bits per heavy atom. The van der Waals surface area contributed by atoms with Gasteiger partial charge in [0.15, 0.2) is 4.34 Å². The molecule has 10 heteroatoms. The second-order valence-electron chi connectivity index (χ2n) is 2.76. The van der Waals surface area contributed by atoms with Crippen LogP contribution in [0.5, 0.6) is 0 Å². The molecule has 0 aliphatic rings. The molecule has 0 aliphatic carbocycles. The number of amides is 1. The number of nitrogens with zero attached hydrogens (tertiary/aromatic N) is 2. The zero-order chi connectivity index (χ0) is 12.2. The van der Waals surface area contributed by atoms with Crippen LogP contribution in [-0.2, 0) is 15.0 Å². The van der Waals surface area contributed by atoms with E-state index < -0.39 is 16.1 Å². The number of nitrogens with two attached hydrogens (primary N) is 1. The smallest absolute Gasteiger partial charge is 0.274 e. The standard InChI is InChI=1S/C6H10N4O3S3/c1-4-8-9-6(15-4)14-3-2-5(11)10-16(7,12)13/h2-3H2,1H3,(H,10,11)(H2,7,12,13). The van der Waals surface area contributed by atoms with Crippen molar-refractivity contribution in [1.29, 1.82) is 0 Å². The zero-order valence-corrected chi connectivity index (χ0v) is 10.8. The summed E-state index contributed by atoms with van der Waals surface area (Å²) in [6, 6.07) is 0. The summed E-state index contributed by atoms with van der Waals surface area (Å²) in [5.74, 6) is -0.202. The summed E-state index contributed by atoms with van der Waals surface area (Å²) in [7, 11) is -3.95. The van der Waals surface area contributed by atoms with Crippen LogP contribution in [0.3, 0.4) is 0 Å². The minimum absolute atomic E-state index is 0.0553. The van der Waals surface area contributed by atoms with E-state index in [-0.39, 0.29) is 6.42 Å². The van der Waals surface area contributed by atoms with Gasteiger partial charge in [-0.15, -0.1) is 10.2 Å². The van der Waals surface area contributed by atoms with Gasteiger partial charge in [-0.2, -0.15) is 8.42 Å². The molecule has 0 aliphatic heterocycles. The summed E-state index contributed by atoms with van der Waals surface area (Å²) in [5, 5.41) is 13.1. The zero-order valence-electron chi connectivity index (χ0n) is 8.34. The van der Waals surface area contributed by atoms with Crippen LogP contribution in [-0.4, -0.2) is 30.3 Å². The van der Waals surface area contributed by atoms with Crippen molar-refractivity contribution in [3.05, 3.63) is 5.01 Å². The van der Waals surface area contributed by atoms with Gasteiger partial charge >= 0.3 is 0 Å². The van der Waals surface area contributed by atoms with Gasteiger partial charge in [0.1, 0.15) is 5.01 Å². The molecule has 0 saturated heterocycles. The Kier molecular flexibility index (Phi) is 4.65. The fourth-order valence-electron chi connectivity index (χ4n) is 0.777. The number of rotatable bonds is 5. The average molecular weight is 282 g/mol. The normalized spacial score (nSPS) is 11.4. The molecule has 1 rings (SSSR count). The van der Waals surface area contributed by atoms with Crippen molar-refractivity contribution in [2.24, 2.45) is 5.14 Å². The van der Waals surface area contributed by atoms with Crippen molar-refractivity contribution in [1.82, 2.24) is 14.9 Å². The Hall–Kier alpha value is -0.710. The maximum atomic E-state index is 11.0. The highest BCUT2D eigenvalue weighted by molar-refractivity contribution is 8.01. The highest BCUT2D eigenvalue weighted by Crippen LogP contribution is 2.22. The maximum Gasteiger partial charge on any atom is 0.298 e. The second-order valence-corrected chi connectivity index (χ2v) is 6.57. The van der Waals surface area contributed by atoms with Crippen LogP contribution in [0.15, 0.2) is 4.34 Å². The number of aryl methyl sites for hydroxylation is 1. The van der Waals surface area contributed by atoms with Crippen LogP contribution >= 0.6 is 23.1 Å². The molecule has 7 nitrogen and oxygen atoms in total. The molecule has 1 heterocycles. The minimum Gasteiger partial charge on any atom is -0.274 e. The average Bonchev–Trinajstić information content (AvgIpc) is 2.48. The topological polar surface area (TPSA) is 115 Å². The van der Waals surface area contributed by atoms with E-state index in [0.717, 1.165) is 9.35 Å². The molecule has 0 fully saturated rings. The summed E-state index contributed by atoms with van der Waals surface area (Å²) in [4.78, 5) is 11.0. The predicted octanol–water partition coefficient (Wildman–Crippen LogP) is -0.352. The molecule has 1 aromatic rings. The van der Waals surface area contributed by atoms with Crippen LogP contribution in [0, 0.1) is 6.92 Å². The summed E-state index contributed by atoms with van der Waals surface area (Å²) < 4.78 is 23.4. The van der Waals surface area contributed by atoms with Crippen LogP contribution in [0.2, 0.25) is 0 Å². The second kappa shape index (κ2) is 5.57. The first-order valence-electron chi connectivity index (χ1n) is 4.13. The Labute approximate surface area is 101 Å². The van der Waals surface area contributed by atoms with Crippen molar-refractivity contribution >= 4 is 39.2 Å². The van der Waals surface area contributed by atoms with Crippen molar-refractivity contribution in [2.75, 3.05) is 5.75 Å². The van der Waals surface area contributed by atoms with Gasteiger partial charge < -0.3 is 0 Å². The van der Waals surface area contributed by atoms with Gasteiger partial charge in [0.05, 0.1) is 0 Å². The van der Waals surface area contributed by atoms with E-state index in [1.165, 1.54) is 23.1 Å². The molecule has 0 radical (unpaired) electrons. The molecular formula is C6H10N4O3S3. The Morgan fingerprint density at radius 1 is 1.56 bits per heavy atom. The number of carbonyl (C=O) groups excluding carboxylic acids is 1. The van der Waals surface area contributed by atoms with Crippen LogP contribution in [0.1, 0.15) is 11.4 Å². The van der Waals surface area contributed by atoms with Crippen LogP contribution < -0.4 is 9.86 Å². The fraction of sp³-hybridized carbons (Fsp3) is 0.500. The number of nitrogens with one attached hydrogen (secondary N) is 1. The van der Waals surface area contributed by atoms with Crippen molar-refractivity contribution < 1.29 is 13.2 Å². The van der Waals surface area contributed by atoms with Crippen LogP contribution in [0.4, 0.5) is 0 Å². The van der Waals surface area contributed by atoms with Crippen molar-refractivity contribution in [3.63, 3.8) is 0 Å². The molecule has 1 amide bonds. The van der Waals surface area contributed by atoms with Gasteiger partial charge in [0, 0.05) is 12.2 Å². The van der Waals surface area contributed by atoms with Gasteiger partial charge in [-0.1, -0.05) is 23.1 Å². The number of carbonyl (C=O) groups is 1. The first kappa shape index (κ1) is 13.4. The Bertz CT molecular complexity index is 469. The van der Waals surface area contributed by atoms with Crippen molar-refractivity contribution in [2.45, 2.75) is 17.7 Å². The van der Waals surface area contributed by atoms with E-state index in [4.69, 9.17) is 0 Å². The molecular weight excluding hydrogens is 272 g/mol. The van der Waals surface area contributed by atoms with E-state index in [0.29, 0.717) is 5.75 Å². The monoisotopic (exact) mass is 282 g/mol. The molecule has 0 unspecified atom stereocenters. The molecule has 0 atom stereocenters. The summed E-state index contributed by atoms with van der Waals surface area (Å²) >= 11 is 2.76. The van der Waals surface area contributed by atoms with Gasteiger partial charge in [0.2, 0.25) is 5.91 Å². The van der Waals surface area contributed by atoms with Gasteiger partial charge in [-0.05, 0) is 6.92 Å². The van der Waals surface area contributed by atoms with E-state index in [1.807, 2.05) is 6.92 Å². The first-order chi connectivity index (χ1) is 7.37. The molecule has 0 saturated carbocycles. The lowest BCUT2D eigenvalue weighted by Crippen LogP contribution is -2.36. The Balaban J connectivity index is 2.28. The molecule has 0 bridgehead atoms. The van der Waals surface area contributed by atoms with E-state index in [2.05, 4.69) is 15.3 Å². The van der Waals surface area contributed by atoms with Gasteiger partial charge in [-0.3, -0.25) is 4.79 Å². The SMILES string of the molecule is Cc1nnc(SCCC(=O)NS(N)(=O)=O)s1. The summed E-state index contributed by atoms with van der Waals surface area (Å²) in [6.45, 7) is 1.83. The number of aromatic nitrogens is 2.